The number of aryl methyl sites for hydroxylation is 1. The Hall–Kier alpha value is -1.55. The molecule has 1 amide bonds. The molecule has 0 saturated carbocycles. The summed E-state index contributed by atoms with van der Waals surface area (Å²) in [6.07, 6.45) is 5.10. The Kier molecular flexibility index (Phi) is 5.21. The minimum absolute atomic E-state index is 0.00440. The Morgan fingerprint density at radius 1 is 1.32 bits per heavy atom. The molecule has 4 nitrogen and oxygen atoms in total. The molecule has 19 heavy (non-hydrogen) atoms. The van der Waals surface area contributed by atoms with Gasteiger partial charge in [-0.25, -0.2) is 0 Å². The Morgan fingerprint density at radius 3 is 3.00 bits per heavy atom. The van der Waals surface area contributed by atoms with Gasteiger partial charge in [0.25, 0.3) is 0 Å². The van der Waals surface area contributed by atoms with Crippen LogP contribution in [0.4, 0.5) is 0 Å². The molecule has 0 saturated heterocycles. The van der Waals surface area contributed by atoms with Crippen LogP contribution in [0.1, 0.15) is 30.4 Å². The Morgan fingerprint density at radius 2 is 2.16 bits per heavy atom. The Labute approximate surface area is 114 Å². The van der Waals surface area contributed by atoms with E-state index in [1.54, 1.807) is 0 Å². The molecule has 0 spiro atoms. The first-order valence-corrected chi connectivity index (χ1v) is 7.01. The van der Waals surface area contributed by atoms with Crippen molar-refractivity contribution in [1.82, 2.24) is 5.32 Å². The summed E-state index contributed by atoms with van der Waals surface area (Å²) in [5, 5.41) is 2.74. The standard InChI is InChI=1S/C15H22N2O2/c16-9-10-17-15(18)8-11-19-14-7-3-5-12-4-1-2-6-13(12)14/h3,5,7H,1-2,4,6,8-11,16H2,(H,17,18). The lowest BCUT2D eigenvalue weighted by Crippen LogP contribution is -2.30. The number of hydrogen-bond donors (Lipinski definition) is 2. The van der Waals surface area contributed by atoms with E-state index in [1.807, 2.05) is 12.1 Å². The third kappa shape index (κ3) is 3.96. The van der Waals surface area contributed by atoms with Gasteiger partial charge >= 0.3 is 0 Å². The molecule has 0 bridgehead atoms. The van der Waals surface area contributed by atoms with Crippen LogP contribution in [0.15, 0.2) is 18.2 Å². The number of nitrogens with two attached hydrogens (primary N) is 1. The fraction of sp³-hybridized carbons (Fsp3) is 0.533. The molecule has 0 unspecified atom stereocenters. The van der Waals surface area contributed by atoms with Gasteiger partial charge in [-0.1, -0.05) is 12.1 Å². The molecule has 4 heteroatoms. The predicted octanol–water partition coefficient (Wildman–Crippen LogP) is 1.41. The van der Waals surface area contributed by atoms with Crippen molar-refractivity contribution in [3.8, 4) is 5.75 Å². The van der Waals surface area contributed by atoms with E-state index in [1.165, 1.54) is 24.0 Å². The largest absolute Gasteiger partial charge is 0.493 e. The zero-order valence-electron chi connectivity index (χ0n) is 11.3. The highest BCUT2D eigenvalue weighted by atomic mass is 16.5. The van der Waals surface area contributed by atoms with Crippen molar-refractivity contribution in [1.29, 1.82) is 0 Å². The van der Waals surface area contributed by atoms with Crippen LogP contribution >= 0.6 is 0 Å². The maximum absolute atomic E-state index is 11.4. The SMILES string of the molecule is NCCNC(=O)CCOc1cccc2c1CCCC2. The summed E-state index contributed by atoms with van der Waals surface area (Å²) >= 11 is 0. The maximum atomic E-state index is 11.4. The quantitative estimate of drug-likeness (QED) is 0.814. The van der Waals surface area contributed by atoms with E-state index < -0.39 is 0 Å². The van der Waals surface area contributed by atoms with Crippen LogP contribution in [0.25, 0.3) is 0 Å². The third-order valence-corrected chi connectivity index (χ3v) is 3.41. The number of fused-ring (bicyclic) bond motifs is 1. The smallest absolute Gasteiger partial charge is 0.223 e. The van der Waals surface area contributed by atoms with Crippen molar-refractivity contribution in [3.63, 3.8) is 0 Å². The summed E-state index contributed by atoms with van der Waals surface area (Å²) in [6, 6.07) is 6.21. The van der Waals surface area contributed by atoms with Gasteiger partial charge in [-0.3, -0.25) is 4.79 Å². The first-order valence-electron chi connectivity index (χ1n) is 7.01. The highest BCUT2D eigenvalue weighted by Crippen LogP contribution is 2.29. The molecule has 3 N–H and O–H groups in total. The number of amides is 1. The second kappa shape index (κ2) is 7.14. The number of carbonyl (C=O) groups excluding carboxylic acids is 1. The summed E-state index contributed by atoms with van der Waals surface area (Å²) in [4.78, 5) is 11.4. The van der Waals surface area contributed by atoms with E-state index in [0.29, 0.717) is 26.1 Å². The van der Waals surface area contributed by atoms with Crippen LogP contribution in [0, 0.1) is 0 Å². The van der Waals surface area contributed by atoms with Crippen LogP contribution in [0.2, 0.25) is 0 Å². The number of carbonyl (C=O) groups is 1. The van der Waals surface area contributed by atoms with Gasteiger partial charge < -0.3 is 15.8 Å². The summed E-state index contributed by atoms with van der Waals surface area (Å²) in [6.45, 7) is 1.42. The molecule has 0 aromatic heterocycles. The Balaban J connectivity index is 1.84. The van der Waals surface area contributed by atoms with Gasteiger partial charge in [-0.15, -0.1) is 0 Å². The third-order valence-electron chi connectivity index (χ3n) is 3.41. The summed E-state index contributed by atoms with van der Waals surface area (Å²) in [5.74, 6) is 0.944. The van der Waals surface area contributed by atoms with Gasteiger partial charge in [0.15, 0.2) is 0 Å². The van der Waals surface area contributed by atoms with E-state index in [9.17, 15) is 4.79 Å². The van der Waals surface area contributed by atoms with Crippen molar-refractivity contribution >= 4 is 5.91 Å². The maximum Gasteiger partial charge on any atom is 0.223 e. The monoisotopic (exact) mass is 262 g/mol. The number of ether oxygens (including phenoxy) is 1. The minimum Gasteiger partial charge on any atom is -0.493 e. The molecule has 104 valence electrons. The van der Waals surface area contributed by atoms with Gasteiger partial charge in [-0.05, 0) is 42.9 Å². The van der Waals surface area contributed by atoms with Crippen molar-refractivity contribution < 1.29 is 9.53 Å². The fourth-order valence-corrected chi connectivity index (χ4v) is 2.44. The molecular weight excluding hydrogens is 240 g/mol. The lowest BCUT2D eigenvalue weighted by molar-refractivity contribution is -0.121. The highest BCUT2D eigenvalue weighted by molar-refractivity contribution is 5.75. The zero-order valence-corrected chi connectivity index (χ0v) is 11.3. The number of nitrogens with one attached hydrogen (secondary N) is 1. The average molecular weight is 262 g/mol. The van der Waals surface area contributed by atoms with E-state index in [-0.39, 0.29) is 5.91 Å². The topological polar surface area (TPSA) is 64.3 Å². The van der Waals surface area contributed by atoms with E-state index in [2.05, 4.69) is 11.4 Å². The van der Waals surface area contributed by atoms with Crippen LogP contribution in [-0.2, 0) is 17.6 Å². The highest BCUT2D eigenvalue weighted by Gasteiger charge is 2.13. The Bertz CT molecular complexity index is 432. The van der Waals surface area contributed by atoms with Crippen molar-refractivity contribution in [2.45, 2.75) is 32.1 Å². The number of hydrogen-bond acceptors (Lipinski definition) is 3. The molecule has 1 aromatic rings. The molecule has 2 rings (SSSR count). The molecule has 0 fully saturated rings. The summed E-state index contributed by atoms with van der Waals surface area (Å²) < 4.78 is 5.76. The summed E-state index contributed by atoms with van der Waals surface area (Å²) in [5.41, 5.74) is 8.06. The fourth-order valence-electron chi connectivity index (χ4n) is 2.44. The second-order valence-corrected chi connectivity index (χ2v) is 4.84. The van der Waals surface area contributed by atoms with Crippen LogP contribution in [-0.4, -0.2) is 25.6 Å². The predicted molar refractivity (Wildman–Crippen MR) is 75.3 cm³/mol. The van der Waals surface area contributed by atoms with Gasteiger partial charge in [0.1, 0.15) is 5.75 Å². The van der Waals surface area contributed by atoms with Crippen LogP contribution in [0.5, 0.6) is 5.75 Å². The zero-order chi connectivity index (χ0) is 13.5. The van der Waals surface area contributed by atoms with E-state index in [4.69, 9.17) is 10.5 Å². The minimum atomic E-state index is -0.00440. The van der Waals surface area contributed by atoms with Crippen molar-refractivity contribution in [3.05, 3.63) is 29.3 Å². The first kappa shape index (κ1) is 13.9. The number of benzene rings is 1. The van der Waals surface area contributed by atoms with Gasteiger partial charge in [0.05, 0.1) is 13.0 Å². The average Bonchev–Trinajstić information content (AvgIpc) is 2.45. The normalized spacial score (nSPS) is 13.7. The molecule has 0 atom stereocenters. The van der Waals surface area contributed by atoms with Crippen molar-refractivity contribution in [2.75, 3.05) is 19.7 Å². The van der Waals surface area contributed by atoms with Crippen molar-refractivity contribution in [2.24, 2.45) is 5.73 Å². The molecule has 1 aromatic carbocycles. The number of rotatable bonds is 6. The second-order valence-electron chi connectivity index (χ2n) is 4.84. The molecule has 0 aliphatic heterocycles. The first-order chi connectivity index (χ1) is 9.31. The lowest BCUT2D eigenvalue weighted by atomic mass is 9.91. The lowest BCUT2D eigenvalue weighted by Gasteiger charge is -2.19. The van der Waals surface area contributed by atoms with Gasteiger partial charge in [0.2, 0.25) is 5.91 Å². The molecular formula is C15H22N2O2. The van der Waals surface area contributed by atoms with Crippen LogP contribution in [0.3, 0.4) is 0 Å². The molecule has 1 aliphatic carbocycles. The molecule has 0 heterocycles. The molecule has 1 aliphatic rings. The van der Waals surface area contributed by atoms with E-state index >= 15 is 0 Å². The van der Waals surface area contributed by atoms with Crippen LogP contribution < -0.4 is 15.8 Å². The molecule has 0 radical (unpaired) electrons. The van der Waals surface area contributed by atoms with Gasteiger partial charge in [-0.2, -0.15) is 0 Å². The van der Waals surface area contributed by atoms with Gasteiger partial charge in [0, 0.05) is 13.1 Å². The summed E-state index contributed by atoms with van der Waals surface area (Å²) in [7, 11) is 0. The van der Waals surface area contributed by atoms with E-state index in [0.717, 1.165) is 18.6 Å².